The van der Waals surface area contributed by atoms with Gasteiger partial charge in [0.15, 0.2) is 0 Å². The number of carbonyl (C=O) groups is 4. The van der Waals surface area contributed by atoms with Gasteiger partial charge in [0.1, 0.15) is 12.6 Å². The zero-order chi connectivity index (χ0) is 34.6. The molecule has 1 aliphatic rings. The van der Waals surface area contributed by atoms with Crippen LogP contribution in [0.4, 0.5) is 5.69 Å². The topological polar surface area (TPSA) is 147 Å². The number of nitrogens with zero attached hydrogens (tertiary/aromatic N) is 1. The summed E-state index contributed by atoms with van der Waals surface area (Å²) in [5.41, 5.74) is 3.14. The Hall–Kier alpha value is -5.39. The van der Waals surface area contributed by atoms with Crippen LogP contribution in [0.3, 0.4) is 0 Å². The van der Waals surface area contributed by atoms with Crippen molar-refractivity contribution in [3.05, 3.63) is 124 Å². The van der Waals surface area contributed by atoms with E-state index in [0.29, 0.717) is 36.0 Å². The summed E-state index contributed by atoms with van der Waals surface area (Å²) >= 11 is 13.0. The van der Waals surface area contributed by atoms with Crippen molar-refractivity contribution in [3.63, 3.8) is 0 Å². The van der Waals surface area contributed by atoms with Crippen molar-refractivity contribution in [2.45, 2.75) is 19.1 Å². The fraction of sp³-hybridized carbons (Fsp3) is 0.194. The van der Waals surface area contributed by atoms with E-state index in [2.05, 4.69) is 26.3 Å². The SMILES string of the molecule is O=C(CNC(=O)c1cccc(NC2=NCCCO2)c1)NC[C@H](NC(=O)c1c(Cl)cc(-c2ccccc2)cc1Cl)C(=O)OCc1ccccc1. The lowest BCUT2D eigenvalue weighted by Gasteiger charge is -2.20. The minimum absolute atomic E-state index is 0.0405. The molecular weight excluding hydrogens is 669 g/mol. The fourth-order valence-corrected chi connectivity index (χ4v) is 5.44. The van der Waals surface area contributed by atoms with Crippen LogP contribution in [0.5, 0.6) is 0 Å². The summed E-state index contributed by atoms with van der Waals surface area (Å²) in [5.74, 6) is -2.64. The van der Waals surface area contributed by atoms with Gasteiger partial charge in [0.2, 0.25) is 5.91 Å². The molecule has 5 rings (SSSR count). The van der Waals surface area contributed by atoms with Crippen LogP contribution in [0, 0.1) is 0 Å². The molecule has 0 spiro atoms. The van der Waals surface area contributed by atoms with Gasteiger partial charge in [-0.3, -0.25) is 14.4 Å². The Labute approximate surface area is 293 Å². The molecule has 1 heterocycles. The molecule has 252 valence electrons. The van der Waals surface area contributed by atoms with Gasteiger partial charge in [-0.15, -0.1) is 0 Å². The Balaban J connectivity index is 1.21. The van der Waals surface area contributed by atoms with Gasteiger partial charge >= 0.3 is 5.97 Å². The summed E-state index contributed by atoms with van der Waals surface area (Å²) in [4.78, 5) is 56.4. The molecule has 1 atom stereocenters. The van der Waals surface area contributed by atoms with Crippen LogP contribution in [-0.2, 0) is 25.7 Å². The predicted molar refractivity (Wildman–Crippen MR) is 188 cm³/mol. The number of carbonyl (C=O) groups excluding carboxylic acids is 4. The smallest absolute Gasteiger partial charge is 0.330 e. The van der Waals surface area contributed by atoms with E-state index in [9.17, 15) is 19.2 Å². The number of ether oxygens (including phenoxy) is 2. The van der Waals surface area contributed by atoms with Gasteiger partial charge in [0, 0.05) is 30.8 Å². The fourth-order valence-electron chi connectivity index (χ4n) is 4.78. The van der Waals surface area contributed by atoms with E-state index in [0.717, 1.165) is 17.5 Å². The maximum atomic E-state index is 13.4. The van der Waals surface area contributed by atoms with Crippen LogP contribution in [0.2, 0.25) is 10.0 Å². The maximum absolute atomic E-state index is 13.4. The number of hydrogen-bond acceptors (Lipinski definition) is 8. The third-order valence-corrected chi connectivity index (χ3v) is 7.87. The van der Waals surface area contributed by atoms with Gasteiger partial charge in [-0.25, -0.2) is 9.79 Å². The molecule has 4 aromatic rings. The molecule has 0 fully saturated rings. The highest BCUT2D eigenvalue weighted by atomic mass is 35.5. The molecule has 49 heavy (non-hydrogen) atoms. The van der Waals surface area contributed by atoms with E-state index in [4.69, 9.17) is 32.7 Å². The van der Waals surface area contributed by atoms with Gasteiger partial charge in [-0.05, 0) is 47.0 Å². The number of amidine groups is 1. The minimum Gasteiger partial charge on any atom is -0.465 e. The van der Waals surface area contributed by atoms with E-state index in [1.807, 2.05) is 36.4 Å². The highest BCUT2D eigenvalue weighted by Crippen LogP contribution is 2.32. The Bertz CT molecular complexity index is 1820. The Morgan fingerprint density at radius 3 is 2.22 bits per heavy atom. The first-order chi connectivity index (χ1) is 23.8. The van der Waals surface area contributed by atoms with Crippen molar-refractivity contribution in [2.24, 2.45) is 4.99 Å². The number of nitrogens with one attached hydrogen (secondary N) is 4. The molecule has 4 aromatic carbocycles. The monoisotopic (exact) mass is 701 g/mol. The summed E-state index contributed by atoms with van der Waals surface area (Å²) < 4.78 is 10.9. The van der Waals surface area contributed by atoms with Gasteiger partial charge in [0.05, 0.1) is 28.8 Å². The van der Waals surface area contributed by atoms with Crippen molar-refractivity contribution in [3.8, 4) is 11.1 Å². The van der Waals surface area contributed by atoms with Gasteiger partial charge in [0.25, 0.3) is 17.8 Å². The van der Waals surface area contributed by atoms with Crippen molar-refractivity contribution in [2.75, 3.05) is 31.6 Å². The maximum Gasteiger partial charge on any atom is 0.330 e. The van der Waals surface area contributed by atoms with Crippen molar-refractivity contribution >= 4 is 58.6 Å². The number of rotatable bonds is 12. The molecular formula is C36H33Cl2N5O6. The van der Waals surface area contributed by atoms with Crippen LogP contribution in [-0.4, -0.2) is 62.0 Å². The Morgan fingerprint density at radius 2 is 1.53 bits per heavy atom. The highest BCUT2D eigenvalue weighted by Gasteiger charge is 2.26. The van der Waals surface area contributed by atoms with Gasteiger partial charge < -0.3 is 30.7 Å². The van der Waals surface area contributed by atoms with E-state index in [1.54, 1.807) is 60.7 Å². The first-order valence-corrected chi connectivity index (χ1v) is 16.2. The first kappa shape index (κ1) is 34.9. The quantitative estimate of drug-likeness (QED) is 0.148. The van der Waals surface area contributed by atoms with E-state index in [-0.39, 0.29) is 28.8 Å². The van der Waals surface area contributed by atoms with Crippen LogP contribution < -0.4 is 21.3 Å². The summed E-state index contributed by atoms with van der Waals surface area (Å²) in [7, 11) is 0. The molecule has 0 saturated heterocycles. The normalized spacial score (nSPS) is 12.8. The molecule has 0 bridgehead atoms. The second-order valence-electron chi connectivity index (χ2n) is 10.9. The zero-order valence-corrected chi connectivity index (χ0v) is 27.7. The van der Waals surface area contributed by atoms with E-state index in [1.165, 1.54) is 0 Å². The number of esters is 1. The summed E-state index contributed by atoms with van der Waals surface area (Å²) in [6.45, 7) is 0.407. The van der Waals surface area contributed by atoms with Crippen molar-refractivity contribution < 1.29 is 28.7 Å². The third kappa shape index (κ3) is 10.1. The minimum atomic E-state index is -1.32. The first-order valence-electron chi connectivity index (χ1n) is 15.4. The second kappa shape index (κ2) is 17.1. The van der Waals surface area contributed by atoms with Crippen LogP contribution >= 0.6 is 23.2 Å². The molecule has 11 nitrogen and oxygen atoms in total. The zero-order valence-electron chi connectivity index (χ0n) is 26.2. The van der Waals surface area contributed by atoms with Crippen LogP contribution in [0.15, 0.2) is 102 Å². The second-order valence-corrected chi connectivity index (χ2v) is 11.7. The van der Waals surface area contributed by atoms with Crippen molar-refractivity contribution in [1.29, 1.82) is 0 Å². The predicted octanol–water partition coefficient (Wildman–Crippen LogP) is 5.24. The lowest BCUT2D eigenvalue weighted by molar-refractivity contribution is -0.147. The Morgan fingerprint density at radius 1 is 0.816 bits per heavy atom. The largest absolute Gasteiger partial charge is 0.465 e. The molecule has 4 N–H and O–H groups in total. The standard InChI is InChI=1S/C36H33Cl2N5O6/c37-28-18-26(24-11-5-2-6-12-24)19-29(38)32(28)34(46)43-30(35(47)49-22-23-9-3-1-4-10-23)20-40-31(44)21-41-33(45)25-13-7-14-27(17-25)42-36-39-15-8-16-48-36/h1-7,9-14,17-19,30H,8,15-16,20-22H2,(H,39,42)(H,40,44)(H,41,45)(H,43,46)/t30-/m0/s1. The molecule has 0 aromatic heterocycles. The molecule has 0 saturated carbocycles. The van der Waals surface area contributed by atoms with Crippen LogP contribution in [0.1, 0.15) is 32.7 Å². The average Bonchev–Trinajstić information content (AvgIpc) is 3.12. The molecule has 0 aliphatic carbocycles. The third-order valence-electron chi connectivity index (χ3n) is 7.28. The number of halogens is 2. The molecule has 0 radical (unpaired) electrons. The summed E-state index contributed by atoms with van der Waals surface area (Å²) in [6, 6.07) is 27.3. The lowest BCUT2D eigenvalue weighted by atomic mass is 10.0. The molecule has 3 amide bonds. The van der Waals surface area contributed by atoms with E-state index < -0.39 is 36.3 Å². The number of benzene rings is 4. The molecule has 13 heteroatoms. The van der Waals surface area contributed by atoms with E-state index >= 15 is 0 Å². The van der Waals surface area contributed by atoms with Crippen molar-refractivity contribution in [1.82, 2.24) is 16.0 Å². The number of amides is 3. The number of hydrogen-bond donors (Lipinski definition) is 4. The van der Waals surface area contributed by atoms with Gasteiger partial charge in [-0.2, -0.15) is 0 Å². The molecule has 1 aliphatic heterocycles. The summed E-state index contributed by atoms with van der Waals surface area (Å²) in [5, 5.41) is 10.9. The molecule has 0 unspecified atom stereocenters. The number of aliphatic imine (C=N–C) groups is 1. The highest BCUT2D eigenvalue weighted by molar-refractivity contribution is 6.40. The lowest BCUT2D eigenvalue weighted by Crippen LogP contribution is -2.50. The van der Waals surface area contributed by atoms with Crippen LogP contribution in [0.25, 0.3) is 11.1 Å². The average molecular weight is 703 g/mol. The Kier molecular flexibility index (Phi) is 12.2. The summed E-state index contributed by atoms with van der Waals surface area (Å²) in [6.07, 6.45) is 0.837. The number of anilines is 1. The van der Waals surface area contributed by atoms with Gasteiger partial charge in [-0.1, -0.05) is 89.9 Å².